The Kier molecular flexibility index (Phi) is 4.09. The molecule has 0 amide bonds. The molecule has 2 unspecified atom stereocenters. The van der Waals surface area contributed by atoms with Crippen LogP contribution in [0.2, 0.25) is 0 Å². The van der Waals surface area contributed by atoms with Crippen molar-refractivity contribution in [3.05, 3.63) is 34.6 Å². The van der Waals surface area contributed by atoms with E-state index in [1.807, 2.05) is 20.8 Å². The van der Waals surface area contributed by atoms with Gasteiger partial charge in [0, 0.05) is 0 Å². The smallest absolute Gasteiger partial charge is 0.123 e. The van der Waals surface area contributed by atoms with Gasteiger partial charge in [-0.15, -0.1) is 0 Å². The molecule has 0 aliphatic rings. The Labute approximate surface area is 97.3 Å². The zero-order valence-electron chi connectivity index (χ0n) is 10.7. The highest BCUT2D eigenvalue weighted by atomic mass is 19.1. The molecule has 0 aliphatic carbocycles. The second-order valence-electron chi connectivity index (χ2n) is 5.00. The van der Waals surface area contributed by atoms with Gasteiger partial charge in [-0.1, -0.05) is 20.8 Å². The van der Waals surface area contributed by atoms with Gasteiger partial charge in [0.05, 0.1) is 6.10 Å². The van der Waals surface area contributed by atoms with E-state index in [0.29, 0.717) is 5.92 Å². The second-order valence-corrected chi connectivity index (χ2v) is 5.00. The molecule has 1 aromatic rings. The minimum Gasteiger partial charge on any atom is -0.388 e. The van der Waals surface area contributed by atoms with Crippen LogP contribution >= 0.6 is 0 Å². The van der Waals surface area contributed by atoms with Crippen LogP contribution in [0.1, 0.15) is 43.6 Å². The molecule has 1 aromatic carbocycles. The molecule has 1 nitrogen and oxygen atoms in total. The quantitative estimate of drug-likeness (QED) is 0.828. The number of aryl methyl sites for hydroxylation is 2. The summed E-state index contributed by atoms with van der Waals surface area (Å²) in [7, 11) is 0. The lowest BCUT2D eigenvalue weighted by atomic mass is 9.84. The molecule has 2 heteroatoms. The van der Waals surface area contributed by atoms with Crippen LogP contribution < -0.4 is 0 Å². The fourth-order valence-electron chi connectivity index (χ4n) is 2.02. The Morgan fingerprint density at radius 1 is 1.06 bits per heavy atom. The van der Waals surface area contributed by atoms with Crippen LogP contribution in [-0.4, -0.2) is 5.11 Å². The van der Waals surface area contributed by atoms with E-state index in [2.05, 4.69) is 13.8 Å². The molecule has 0 aromatic heterocycles. The number of benzene rings is 1. The standard InChI is InChI=1S/C14H21FO/c1-8(2)11(5)14(16)13-9(3)6-12(15)7-10(13)4/h6-8,11,14,16H,1-5H3. The molecule has 0 heterocycles. The van der Waals surface area contributed by atoms with Crippen molar-refractivity contribution >= 4 is 0 Å². The van der Waals surface area contributed by atoms with Crippen molar-refractivity contribution in [3.8, 4) is 0 Å². The van der Waals surface area contributed by atoms with E-state index in [-0.39, 0.29) is 11.7 Å². The van der Waals surface area contributed by atoms with Crippen molar-refractivity contribution in [2.45, 2.75) is 40.7 Å². The molecule has 0 radical (unpaired) electrons. The van der Waals surface area contributed by atoms with Crippen LogP contribution in [0.15, 0.2) is 12.1 Å². The van der Waals surface area contributed by atoms with Crippen LogP contribution in [0.5, 0.6) is 0 Å². The number of aliphatic hydroxyl groups excluding tert-OH is 1. The maximum atomic E-state index is 13.1. The molecule has 1 rings (SSSR count). The van der Waals surface area contributed by atoms with Gasteiger partial charge < -0.3 is 5.11 Å². The largest absolute Gasteiger partial charge is 0.388 e. The average Bonchev–Trinajstić information content (AvgIpc) is 2.14. The number of aliphatic hydroxyl groups is 1. The number of hydrogen-bond acceptors (Lipinski definition) is 1. The molecule has 0 bridgehead atoms. The maximum Gasteiger partial charge on any atom is 0.123 e. The Hall–Kier alpha value is -0.890. The first-order chi connectivity index (χ1) is 7.34. The monoisotopic (exact) mass is 224 g/mol. The van der Waals surface area contributed by atoms with Gasteiger partial charge in [-0.3, -0.25) is 0 Å². The van der Waals surface area contributed by atoms with Crippen molar-refractivity contribution in [1.29, 1.82) is 0 Å². The fraction of sp³-hybridized carbons (Fsp3) is 0.571. The first-order valence-corrected chi connectivity index (χ1v) is 5.79. The third-order valence-corrected chi connectivity index (χ3v) is 3.40. The Morgan fingerprint density at radius 3 is 1.88 bits per heavy atom. The average molecular weight is 224 g/mol. The number of hydrogen-bond donors (Lipinski definition) is 1. The molecular weight excluding hydrogens is 203 g/mol. The van der Waals surface area contributed by atoms with E-state index in [4.69, 9.17) is 0 Å². The van der Waals surface area contributed by atoms with Gasteiger partial charge >= 0.3 is 0 Å². The summed E-state index contributed by atoms with van der Waals surface area (Å²) < 4.78 is 13.1. The summed E-state index contributed by atoms with van der Waals surface area (Å²) in [6, 6.07) is 2.97. The highest BCUT2D eigenvalue weighted by Crippen LogP contribution is 2.32. The summed E-state index contributed by atoms with van der Waals surface area (Å²) in [6.07, 6.45) is -0.513. The lowest BCUT2D eigenvalue weighted by Crippen LogP contribution is -2.17. The van der Waals surface area contributed by atoms with E-state index in [1.165, 1.54) is 12.1 Å². The van der Waals surface area contributed by atoms with E-state index in [1.54, 1.807) is 0 Å². The topological polar surface area (TPSA) is 20.2 Å². The van der Waals surface area contributed by atoms with Gasteiger partial charge in [-0.25, -0.2) is 4.39 Å². The Balaban J connectivity index is 3.13. The van der Waals surface area contributed by atoms with Crippen molar-refractivity contribution in [2.75, 3.05) is 0 Å². The second kappa shape index (κ2) is 4.96. The number of halogens is 1. The maximum absolute atomic E-state index is 13.1. The van der Waals surface area contributed by atoms with Crippen molar-refractivity contribution in [3.63, 3.8) is 0 Å². The first kappa shape index (κ1) is 13.2. The Morgan fingerprint density at radius 2 is 1.50 bits per heavy atom. The molecule has 16 heavy (non-hydrogen) atoms. The predicted octanol–water partition coefficient (Wildman–Crippen LogP) is 3.77. The zero-order chi connectivity index (χ0) is 12.5. The summed E-state index contributed by atoms with van der Waals surface area (Å²) >= 11 is 0. The van der Waals surface area contributed by atoms with E-state index < -0.39 is 6.10 Å². The zero-order valence-corrected chi connectivity index (χ0v) is 10.7. The minimum absolute atomic E-state index is 0.169. The highest BCUT2D eigenvalue weighted by molar-refractivity contribution is 5.36. The Bertz CT molecular complexity index is 348. The third kappa shape index (κ3) is 2.62. The molecule has 90 valence electrons. The van der Waals surface area contributed by atoms with Crippen LogP contribution in [0.4, 0.5) is 4.39 Å². The summed E-state index contributed by atoms with van der Waals surface area (Å²) in [5, 5.41) is 10.3. The lowest BCUT2D eigenvalue weighted by molar-refractivity contribution is 0.0909. The van der Waals surface area contributed by atoms with Crippen LogP contribution in [-0.2, 0) is 0 Å². The first-order valence-electron chi connectivity index (χ1n) is 5.79. The molecule has 0 saturated carbocycles. The molecule has 2 atom stereocenters. The molecule has 0 fully saturated rings. The summed E-state index contributed by atoms with van der Waals surface area (Å²) in [4.78, 5) is 0. The van der Waals surface area contributed by atoms with E-state index in [9.17, 15) is 9.50 Å². The molecule has 0 aliphatic heterocycles. The predicted molar refractivity (Wildman–Crippen MR) is 64.8 cm³/mol. The summed E-state index contributed by atoms with van der Waals surface area (Å²) in [5.41, 5.74) is 2.54. The summed E-state index contributed by atoms with van der Waals surface area (Å²) in [5.74, 6) is 0.338. The normalized spacial score (nSPS) is 15.2. The molecule has 0 saturated heterocycles. The highest BCUT2D eigenvalue weighted by Gasteiger charge is 2.22. The molecule has 0 spiro atoms. The third-order valence-electron chi connectivity index (χ3n) is 3.40. The SMILES string of the molecule is Cc1cc(F)cc(C)c1C(O)C(C)C(C)C. The van der Waals surface area contributed by atoms with Gasteiger partial charge in [0.15, 0.2) is 0 Å². The van der Waals surface area contributed by atoms with Crippen LogP contribution in [0, 0.1) is 31.5 Å². The minimum atomic E-state index is -0.513. The molecular formula is C14H21FO. The van der Waals surface area contributed by atoms with Gasteiger partial charge in [0.2, 0.25) is 0 Å². The number of rotatable bonds is 3. The van der Waals surface area contributed by atoms with Gasteiger partial charge in [0.1, 0.15) is 5.82 Å². The van der Waals surface area contributed by atoms with Gasteiger partial charge in [-0.2, -0.15) is 0 Å². The van der Waals surface area contributed by atoms with Crippen molar-refractivity contribution < 1.29 is 9.50 Å². The van der Waals surface area contributed by atoms with Crippen LogP contribution in [0.3, 0.4) is 0 Å². The fourth-order valence-corrected chi connectivity index (χ4v) is 2.02. The lowest BCUT2D eigenvalue weighted by Gasteiger charge is -2.25. The van der Waals surface area contributed by atoms with Crippen molar-refractivity contribution in [2.24, 2.45) is 11.8 Å². The van der Waals surface area contributed by atoms with E-state index in [0.717, 1.165) is 16.7 Å². The molecule has 1 N–H and O–H groups in total. The van der Waals surface area contributed by atoms with Gasteiger partial charge in [0.25, 0.3) is 0 Å². The van der Waals surface area contributed by atoms with Crippen molar-refractivity contribution in [1.82, 2.24) is 0 Å². The van der Waals surface area contributed by atoms with Crippen LogP contribution in [0.25, 0.3) is 0 Å². The summed E-state index contributed by atoms with van der Waals surface area (Å²) in [6.45, 7) is 9.89. The van der Waals surface area contributed by atoms with E-state index >= 15 is 0 Å². The van der Waals surface area contributed by atoms with Gasteiger partial charge in [-0.05, 0) is 54.5 Å².